The number of amides is 1. The SMILES string of the molecule is COc1ccc(CCCN(C)CC(=O)N2CCCC2c2ccc3c(c2)OCCO3)cc1. The standard InChI is InChI=1S/C25H32N2O4/c1-26(13-3-5-19-7-10-21(29-2)11-8-19)18-25(28)27-14-4-6-22(27)20-9-12-23-24(17-20)31-16-15-30-23/h7-12,17,22H,3-6,13-16,18H2,1-2H3. The van der Waals surface area contributed by atoms with Crippen molar-refractivity contribution >= 4 is 5.91 Å². The molecule has 2 aliphatic heterocycles. The molecule has 31 heavy (non-hydrogen) atoms. The Balaban J connectivity index is 1.28. The van der Waals surface area contributed by atoms with Crippen LogP contribution in [0.5, 0.6) is 17.2 Å². The van der Waals surface area contributed by atoms with E-state index in [9.17, 15) is 4.79 Å². The van der Waals surface area contributed by atoms with Crippen LogP contribution in [0.25, 0.3) is 0 Å². The van der Waals surface area contributed by atoms with Gasteiger partial charge < -0.3 is 19.1 Å². The van der Waals surface area contributed by atoms with Gasteiger partial charge in [-0.05, 0) is 74.7 Å². The largest absolute Gasteiger partial charge is 0.497 e. The summed E-state index contributed by atoms with van der Waals surface area (Å²) in [4.78, 5) is 17.2. The third-order valence-corrected chi connectivity index (χ3v) is 6.09. The van der Waals surface area contributed by atoms with Gasteiger partial charge >= 0.3 is 0 Å². The number of methoxy groups -OCH3 is 1. The fourth-order valence-corrected chi connectivity index (χ4v) is 4.43. The Bertz CT molecular complexity index is 884. The molecule has 1 fully saturated rings. The molecule has 1 amide bonds. The molecular formula is C25H32N2O4. The minimum Gasteiger partial charge on any atom is -0.497 e. The van der Waals surface area contributed by atoms with Crippen molar-refractivity contribution in [3.63, 3.8) is 0 Å². The lowest BCUT2D eigenvalue weighted by atomic mass is 10.0. The quantitative estimate of drug-likeness (QED) is 0.647. The van der Waals surface area contributed by atoms with E-state index in [-0.39, 0.29) is 11.9 Å². The fourth-order valence-electron chi connectivity index (χ4n) is 4.43. The van der Waals surface area contributed by atoms with Gasteiger partial charge in [-0.3, -0.25) is 9.69 Å². The highest BCUT2D eigenvalue weighted by Crippen LogP contribution is 2.38. The highest BCUT2D eigenvalue weighted by atomic mass is 16.6. The average molecular weight is 425 g/mol. The first kappa shape index (κ1) is 21.5. The molecule has 1 saturated heterocycles. The molecule has 166 valence electrons. The Labute approximate surface area is 184 Å². The maximum atomic E-state index is 13.0. The molecule has 2 aromatic carbocycles. The van der Waals surface area contributed by atoms with E-state index in [2.05, 4.69) is 23.1 Å². The Morgan fingerprint density at radius 2 is 1.90 bits per heavy atom. The number of benzene rings is 2. The van der Waals surface area contributed by atoms with Crippen molar-refractivity contribution in [3.05, 3.63) is 53.6 Å². The molecule has 0 bridgehead atoms. The highest BCUT2D eigenvalue weighted by molar-refractivity contribution is 5.79. The first-order chi connectivity index (χ1) is 15.1. The number of carbonyl (C=O) groups is 1. The molecule has 0 aromatic heterocycles. The van der Waals surface area contributed by atoms with E-state index in [0.29, 0.717) is 19.8 Å². The normalized spacial score (nSPS) is 17.8. The molecule has 0 radical (unpaired) electrons. The van der Waals surface area contributed by atoms with Gasteiger partial charge in [0, 0.05) is 6.54 Å². The molecular weight excluding hydrogens is 392 g/mol. The van der Waals surface area contributed by atoms with Crippen LogP contribution < -0.4 is 14.2 Å². The summed E-state index contributed by atoms with van der Waals surface area (Å²) in [5.74, 6) is 2.66. The summed E-state index contributed by atoms with van der Waals surface area (Å²) in [5.41, 5.74) is 2.43. The van der Waals surface area contributed by atoms with E-state index in [0.717, 1.165) is 61.6 Å². The number of fused-ring (bicyclic) bond motifs is 1. The van der Waals surface area contributed by atoms with Crippen molar-refractivity contribution in [1.82, 2.24) is 9.80 Å². The fraction of sp³-hybridized carbons (Fsp3) is 0.480. The first-order valence-corrected chi connectivity index (χ1v) is 11.1. The van der Waals surface area contributed by atoms with E-state index < -0.39 is 0 Å². The molecule has 0 aliphatic carbocycles. The van der Waals surface area contributed by atoms with Crippen LogP contribution in [-0.4, -0.2) is 62.7 Å². The number of ether oxygens (including phenoxy) is 3. The number of carbonyl (C=O) groups excluding carboxylic acids is 1. The topological polar surface area (TPSA) is 51.2 Å². The summed E-state index contributed by atoms with van der Waals surface area (Å²) in [5, 5.41) is 0. The van der Waals surface area contributed by atoms with Crippen LogP contribution in [0.3, 0.4) is 0 Å². The summed E-state index contributed by atoms with van der Waals surface area (Å²) >= 11 is 0. The van der Waals surface area contributed by atoms with Crippen LogP contribution in [0.1, 0.15) is 36.4 Å². The van der Waals surface area contributed by atoms with Gasteiger partial charge in [0.2, 0.25) is 5.91 Å². The van der Waals surface area contributed by atoms with Crippen molar-refractivity contribution in [2.75, 3.05) is 47.0 Å². The molecule has 6 nitrogen and oxygen atoms in total. The Morgan fingerprint density at radius 1 is 1.13 bits per heavy atom. The van der Waals surface area contributed by atoms with E-state index in [1.165, 1.54) is 5.56 Å². The maximum Gasteiger partial charge on any atom is 0.237 e. The van der Waals surface area contributed by atoms with Gasteiger partial charge in [0.1, 0.15) is 19.0 Å². The van der Waals surface area contributed by atoms with Gasteiger partial charge in [-0.25, -0.2) is 0 Å². The zero-order valence-corrected chi connectivity index (χ0v) is 18.5. The molecule has 2 aliphatic rings. The third kappa shape index (κ3) is 5.31. The van der Waals surface area contributed by atoms with Crippen LogP contribution in [0.4, 0.5) is 0 Å². The summed E-state index contributed by atoms with van der Waals surface area (Å²) in [7, 11) is 3.71. The van der Waals surface area contributed by atoms with Crippen molar-refractivity contribution in [3.8, 4) is 17.2 Å². The van der Waals surface area contributed by atoms with Gasteiger partial charge in [0.05, 0.1) is 19.7 Å². The van der Waals surface area contributed by atoms with Crippen LogP contribution in [0.2, 0.25) is 0 Å². The number of hydrogen-bond donors (Lipinski definition) is 0. The molecule has 2 heterocycles. The summed E-state index contributed by atoms with van der Waals surface area (Å²) in [6.07, 6.45) is 4.03. The Kier molecular flexibility index (Phi) is 6.97. The van der Waals surface area contributed by atoms with Gasteiger partial charge in [-0.2, -0.15) is 0 Å². The van der Waals surface area contributed by atoms with Crippen molar-refractivity contribution in [2.45, 2.75) is 31.7 Å². The summed E-state index contributed by atoms with van der Waals surface area (Å²) in [6, 6.07) is 14.4. The lowest BCUT2D eigenvalue weighted by molar-refractivity contribution is -0.133. The van der Waals surface area contributed by atoms with Gasteiger partial charge in [0.25, 0.3) is 0 Å². The molecule has 4 rings (SSSR count). The molecule has 6 heteroatoms. The van der Waals surface area contributed by atoms with E-state index in [4.69, 9.17) is 14.2 Å². The highest BCUT2D eigenvalue weighted by Gasteiger charge is 2.31. The first-order valence-electron chi connectivity index (χ1n) is 11.1. The van der Waals surface area contributed by atoms with Crippen molar-refractivity contribution in [2.24, 2.45) is 0 Å². The lowest BCUT2D eigenvalue weighted by Gasteiger charge is -2.28. The van der Waals surface area contributed by atoms with Crippen LogP contribution in [0, 0.1) is 0 Å². The number of likely N-dealkylation sites (tertiary alicyclic amines) is 1. The minimum absolute atomic E-state index is 0.121. The molecule has 1 atom stereocenters. The van der Waals surface area contributed by atoms with Gasteiger partial charge in [-0.15, -0.1) is 0 Å². The number of likely N-dealkylation sites (N-methyl/N-ethyl adjacent to an activating group) is 1. The molecule has 0 spiro atoms. The van der Waals surface area contributed by atoms with E-state index in [1.807, 2.05) is 36.2 Å². The zero-order valence-electron chi connectivity index (χ0n) is 18.5. The second-order valence-electron chi connectivity index (χ2n) is 8.34. The second-order valence-corrected chi connectivity index (χ2v) is 8.34. The molecule has 1 unspecified atom stereocenters. The van der Waals surface area contributed by atoms with Crippen molar-refractivity contribution < 1.29 is 19.0 Å². The lowest BCUT2D eigenvalue weighted by Crippen LogP contribution is -2.39. The smallest absolute Gasteiger partial charge is 0.237 e. The molecule has 2 aromatic rings. The maximum absolute atomic E-state index is 13.0. The Hall–Kier alpha value is -2.73. The monoisotopic (exact) mass is 424 g/mol. The number of nitrogens with zero attached hydrogens (tertiary/aromatic N) is 2. The summed E-state index contributed by atoms with van der Waals surface area (Å²) in [6.45, 7) is 3.32. The predicted octanol–water partition coefficient (Wildman–Crippen LogP) is 3.69. The molecule has 0 N–H and O–H groups in total. The predicted molar refractivity (Wildman–Crippen MR) is 120 cm³/mol. The van der Waals surface area contributed by atoms with E-state index in [1.54, 1.807) is 7.11 Å². The third-order valence-electron chi connectivity index (χ3n) is 6.09. The van der Waals surface area contributed by atoms with Crippen molar-refractivity contribution in [1.29, 1.82) is 0 Å². The van der Waals surface area contributed by atoms with Gasteiger partial charge in [-0.1, -0.05) is 18.2 Å². The number of aryl methyl sites for hydroxylation is 1. The number of hydrogen-bond acceptors (Lipinski definition) is 5. The Morgan fingerprint density at radius 3 is 2.68 bits per heavy atom. The average Bonchev–Trinajstić information content (AvgIpc) is 3.29. The second kappa shape index (κ2) is 10.1. The van der Waals surface area contributed by atoms with Gasteiger partial charge in [0.15, 0.2) is 11.5 Å². The van der Waals surface area contributed by atoms with Crippen LogP contribution >= 0.6 is 0 Å². The van der Waals surface area contributed by atoms with E-state index >= 15 is 0 Å². The molecule has 0 saturated carbocycles. The summed E-state index contributed by atoms with van der Waals surface area (Å²) < 4.78 is 16.6. The zero-order chi connectivity index (χ0) is 21.6. The minimum atomic E-state index is 0.121. The van der Waals surface area contributed by atoms with Crippen LogP contribution in [0.15, 0.2) is 42.5 Å². The van der Waals surface area contributed by atoms with Crippen LogP contribution in [-0.2, 0) is 11.2 Å². The number of rotatable bonds is 8.